The first-order valence-corrected chi connectivity index (χ1v) is 14.0. The quantitative estimate of drug-likeness (QED) is 0.361. The zero-order chi connectivity index (χ0) is 26.0. The number of carbonyl (C=O) groups is 2. The van der Waals surface area contributed by atoms with Crippen molar-refractivity contribution < 1.29 is 9.59 Å². The molecule has 0 aromatic heterocycles. The van der Waals surface area contributed by atoms with Gasteiger partial charge in [0.05, 0.1) is 17.6 Å². The van der Waals surface area contributed by atoms with Gasteiger partial charge >= 0.3 is 6.03 Å². The van der Waals surface area contributed by atoms with Crippen molar-refractivity contribution in [2.24, 2.45) is 5.92 Å². The van der Waals surface area contributed by atoms with E-state index in [-0.39, 0.29) is 24.0 Å². The van der Waals surface area contributed by atoms with Gasteiger partial charge in [0.25, 0.3) is 0 Å². The van der Waals surface area contributed by atoms with Crippen molar-refractivity contribution in [2.45, 2.75) is 62.6 Å². The minimum Gasteiger partial charge on any atom is -0.378 e. The number of carbonyl (C=O) groups excluding carboxylic acids is 2. The van der Waals surface area contributed by atoms with Crippen LogP contribution in [-0.2, 0) is 4.79 Å². The number of fused-ring (bicyclic) bond motifs is 3. The Hall–Kier alpha value is -3.80. The molecular formula is C32H36N4O2. The summed E-state index contributed by atoms with van der Waals surface area (Å²) in [5, 5.41) is 9.99. The number of rotatable bonds is 5. The van der Waals surface area contributed by atoms with Crippen LogP contribution in [0.15, 0.2) is 84.9 Å². The van der Waals surface area contributed by atoms with Gasteiger partial charge in [-0.1, -0.05) is 86.0 Å². The smallest absolute Gasteiger partial charge is 0.319 e. The molecule has 6 heteroatoms. The number of likely N-dealkylation sites (tertiary alicyclic amines) is 1. The van der Waals surface area contributed by atoms with Crippen molar-refractivity contribution in [3.8, 4) is 0 Å². The van der Waals surface area contributed by atoms with E-state index in [1.165, 1.54) is 11.1 Å². The van der Waals surface area contributed by atoms with Gasteiger partial charge in [-0.2, -0.15) is 0 Å². The number of amides is 3. The molecule has 0 radical (unpaired) electrons. The van der Waals surface area contributed by atoms with Crippen molar-refractivity contribution in [3.63, 3.8) is 0 Å². The maximum Gasteiger partial charge on any atom is 0.319 e. The molecule has 3 aromatic rings. The fraction of sp³-hybridized carbons (Fsp3) is 0.375. The SMILES string of the molecule is O=C(Nc1ccccc1)NC1(CC(=O)N2CC[C@@H]3[C@H](c4ccccc4)Nc4ccccc4[C@@H]32)CCCCC1. The monoisotopic (exact) mass is 508 g/mol. The highest BCUT2D eigenvalue weighted by atomic mass is 16.2. The van der Waals surface area contributed by atoms with Crippen molar-refractivity contribution in [1.82, 2.24) is 10.2 Å². The minimum absolute atomic E-state index is 0.0314. The number of urea groups is 1. The molecule has 2 fully saturated rings. The van der Waals surface area contributed by atoms with E-state index in [9.17, 15) is 9.59 Å². The molecule has 6 rings (SSSR count). The molecule has 6 nitrogen and oxygen atoms in total. The molecule has 1 saturated heterocycles. The van der Waals surface area contributed by atoms with Gasteiger partial charge in [-0.3, -0.25) is 4.79 Å². The molecule has 3 N–H and O–H groups in total. The number of nitrogens with zero attached hydrogens (tertiary/aromatic N) is 1. The van der Waals surface area contributed by atoms with E-state index >= 15 is 0 Å². The predicted octanol–water partition coefficient (Wildman–Crippen LogP) is 6.66. The summed E-state index contributed by atoms with van der Waals surface area (Å²) >= 11 is 0. The maximum absolute atomic E-state index is 14.1. The summed E-state index contributed by atoms with van der Waals surface area (Å²) in [6.45, 7) is 0.736. The number of para-hydroxylation sites is 2. The molecule has 0 spiro atoms. The Kier molecular flexibility index (Phi) is 6.79. The molecule has 3 aliphatic rings. The van der Waals surface area contributed by atoms with E-state index in [4.69, 9.17) is 0 Å². The van der Waals surface area contributed by atoms with Gasteiger partial charge in [-0.05, 0) is 48.6 Å². The van der Waals surface area contributed by atoms with E-state index in [0.717, 1.165) is 56.4 Å². The highest BCUT2D eigenvalue weighted by molar-refractivity contribution is 5.90. The third-order valence-electron chi connectivity index (χ3n) is 8.65. The Balaban J connectivity index is 1.24. The van der Waals surface area contributed by atoms with Gasteiger partial charge < -0.3 is 20.9 Å². The molecule has 196 valence electrons. The van der Waals surface area contributed by atoms with Crippen LogP contribution in [0.1, 0.15) is 68.2 Å². The molecule has 2 aliphatic heterocycles. The Labute approximate surface area is 224 Å². The van der Waals surface area contributed by atoms with Crippen molar-refractivity contribution >= 4 is 23.3 Å². The summed E-state index contributed by atoms with van der Waals surface area (Å²) in [6.07, 6.45) is 6.13. The third-order valence-corrected chi connectivity index (χ3v) is 8.65. The third kappa shape index (κ3) is 4.87. The Morgan fingerprint density at radius 1 is 0.868 bits per heavy atom. The van der Waals surface area contributed by atoms with Crippen LogP contribution >= 0.6 is 0 Å². The molecule has 0 bridgehead atoms. The van der Waals surface area contributed by atoms with E-state index in [1.807, 2.05) is 36.4 Å². The minimum atomic E-state index is -0.516. The second-order valence-corrected chi connectivity index (χ2v) is 11.1. The maximum atomic E-state index is 14.1. The number of benzene rings is 3. The van der Waals surface area contributed by atoms with Crippen molar-refractivity contribution in [2.75, 3.05) is 17.2 Å². The first kappa shape index (κ1) is 24.5. The van der Waals surface area contributed by atoms with Crippen LogP contribution in [0.3, 0.4) is 0 Å². The molecule has 3 amide bonds. The lowest BCUT2D eigenvalue weighted by atomic mass is 9.78. The molecule has 3 atom stereocenters. The Bertz CT molecular complexity index is 1270. The number of nitrogens with one attached hydrogen (secondary N) is 3. The fourth-order valence-electron chi connectivity index (χ4n) is 6.89. The normalized spacial score (nSPS) is 23.5. The molecule has 0 unspecified atom stereocenters. The summed E-state index contributed by atoms with van der Waals surface area (Å²) in [5.41, 5.74) is 3.80. The molecule has 1 aliphatic carbocycles. The average Bonchev–Trinajstić information content (AvgIpc) is 3.40. The molecule has 1 saturated carbocycles. The van der Waals surface area contributed by atoms with Gasteiger partial charge in [0.15, 0.2) is 0 Å². The van der Waals surface area contributed by atoms with Gasteiger partial charge in [0.1, 0.15) is 0 Å². The highest BCUT2D eigenvalue weighted by Crippen LogP contribution is 2.51. The number of hydrogen-bond acceptors (Lipinski definition) is 3. The van der Waals surface area contributed by atoms with Crippen LogP contribution < -0.4 is 16.0 Å². The summed E-state index contributed by atoms with van der Waals surface area (Å²) < 4.78 is 0. The Morgan fingerprint density at radius 2 is 1.55 bits per heavy atom. The van der Waals surface area contributed by atoms with E-state index in [2.05, 4.69) is 69.4 Å². The molecule has 2 heterocycles. The molecular weight excluding hydrogens is 472 g/mol. The average molecular weight is 509 g/mol. The van der Waals surface area contributed by atoms with Crippen LogP contribution in [0.5, 0.6) is 0 Å². The van der Waals surface area contributed by atoms with Gasteiger partial charge in [-0.25, -0.2) is 4.79 Å². The van der Waals surface area contributed by atoms with E-state index in [1.54, 1.807) is 0 Å². The van der Waals surface area contributed by atoms with Crippen LogP contribution in [0.25, 0.3) is 0 Å². The topological polar surface area (TPSA) is 73.5 Å². The second-order valence-electron chi connectivity index (χ2n) is 11.1. The lowest BCUT2D eigenvalue weighted by Gasteiger charge is -2.42. The van der Waals surface area contributed by atoms with Crippen LogP contribution in [0.2, 0.25) is 0 Å². The van der Waals surface area contributed by atoms with Crippen LogP contribution in [-0.4, -0.2) is 28.9 Å². The van der Waals surface area contributed by atoms with Crippen LogP contribution in [0.4, 0.5) is 16.2 Å². The largest absolute Gasteiger partial charge is 0.378 e. The lowest BCUT2D eigenvalue weighted by Crippen LogP contribution is -2.54. The first-order valence-electron chi connectivity index (χ1n) is 14.0. The zero-order valence-corrected chi connectivity index (χ0v) is 21.7. The Morgan fingerprint density at radius 3 is 2.32 bits per heavy atom. The second kappa shape index (κ2) is 10.5. The van der Waals surface area contributed by atoms with Crippen molar-refractivity contribution in [1.29, 1.82) is 0 Å². The van der Waals surface area contributed by atoms with E-state index < -0.39 is 5.54 Å². The van der Waals surface area contributed by atoms with Crippen molar-refractivity contribution in [3.05, 3.63) is 96.1 Å². The van der Waals surface area contributed by atoms with Gasteiger partial charge in [0.2, 0.25) is 5.91 Å². The summed E-state index contributed by atoms with van der Waals surface area (Å²) in [4.78, 5) is 29.2. The first-order chi connectivity index (χ1) is 18.6. The summed E-state index contributed by atoms with van der Waals surface area (Å²) in [6, 6.07) is 28.4. The highest BCUT2D eigenvalue weighted by Gasteiger charge is 2.47. The summed E-state index contributed by atoms with van der Waals surface area (Å²) in [7, 11) is 0. The summed E-state index contributed by atoms with van der Waals surface area (Å²) in [5.74, 6) is 0.441. The number of hydrogen-bond donors (Lipinski definition) is 3. The molecule has 38 heavy (non-hydrogen) atoms. The fourth-order valence-corrected chi connectivity index (χ4v) is 6.89. The van der Waals surface area contributed by atoms with Crippen LogP contribution in [0, 0.1) is 5.92 Å². The van der Waals surface area contributed by atoms with Gasteiger partial charge in [-0.15, -0.1) is 0 Å². The lowest BCUT2D eigenvalue weighted by molar-refractivity contribution is -0.134. The predicted molar refractivity (Wildman–Crippen MR) is 151 cm³/mol. The standard InChI is InChI=1S/C32H36N4O2/c37-28(22-32(19-10-3-11-20-32)35-31(38)33-24-14-6-2-7-15-24)36-21-18-26-29(23-12-4-1-5-13-23)34-27-17-9-8-16-25(27)30(26)36/h1-2,4-9,12-17,26,29-30,34H,3,10-11,18-22H2,(H2,33,35,38)/t26-,29+,30+/m1/s1. The molecule has 3 aromatic carbocycles. The van der Waals surface area contributed by atoms with E-state index in [0.29, 0.717) is 12.3 Å². The van der Waals surface area contributed by atoms with Gasteiger partial charge in [0, 0.05) is 30.3 Å². The number of anilines is 2. The zero-order valence-electron chi connectivity index (χ0n) is 21.7.